The molecular weight excluding hydrogens is 289 g/mol. The first-order valence-corrected chi connectivity index (χ1v) is 7.67. The average molecular weight is 305 g/mol. The van der Waals surface area contributed by atoms with Crippen molar-refractivity contribution in [3.63, 3.8) is 0 Å². The number of aromatic nitrogens is 1. The van der Waals surface area contributed by atoms with E-state index in [0.717, 1.165) is 28.4 Å². The summed E-state index contributed by atoms with van der Waals surface area (Å²) in [5, 5.41) is 8.56. The zero-order chi connectivity index (χ0) is 14.8. The lowest BCUT2D eigenvalue weighted by Crippen LogP contribution is -2.11. The van der Waals surface area contributed by atoms with Crippen LogP contribution in [0.5, 0.6) is 5.75 Å². The molecule has 0 radical (unpaired) electrons. The lowest BCUT2D eigenvalue weighted by Gasteiger charge is -2.04. The fraction of sp³-hybridized carbons (Fsp3) is 0.333. The van der Waals surface area contributed by atoms with Gasteiger partial charge in [0, 0.05) is 12.3 Å². The molecule has 1 aromatic heterocycles. The average Bonchev–Trinajstić information content (AvgIpc) is 3.21. The minimum Gasteiger partial charge on any atom is -0.493 e. The minimum absolute atomic E-state index is 0.0973. The maximum Gasteiger partial charge on any atom is 0.135 e. The molecule has 4 nitrogen and oxygen atoms in total. The Balaban J connectivity index is 1.61. The summed E-state index contributed by atoms with van der Waals surface area (Å²) in [6.45, 7) is 0.473. The topological polar surface area (TPSA) is 72.0 Å². The molecule has 1 aliphatic rings. The van der Waals surface area contributed by atoms with Gasteiger partial charge in [-0.05, 0) is 37.1 Å². The quantitative estimate of drug-likeness (QED) is 0.636. The van der Waals surface area contributed by atoms with E-state index in [1.165, 1.54) is 23.5 Å². The third kappa shape index (κ3) is 3.39. The SMILES string of the molecule is N=C(N)c1sc(CCOc2ccc(F)cc2)nc1C1CC1. The second-order valence-corrected chi connectivity index (χ2v) is 6.15. The molecule has 3 rings (SSSR count). The number of amidine groups is 1. The van der Waals surface area contributed by atoms with E-state index in [4.69, 9.17) is 15.9 Å². The number of nitrogens with zero attached hydrogens (tertiary/aromatic N) is 1. The fourth-order valence-corrected chi connectivity index (χ4v) is 3.09. The number of halogens is 1. The molecule has 110 valence electrons. The molecular formula is C15H16FN3OS. The van der Waals surface area contributed by atoms with Crippen LogP contribution in [0.3, 0.4) is 0 Å². The standard InChI is InChI=1S/C15H16FN3OS/c16-10-3-5-11(6-4-10)20-8-7-12-19-13(9-1-2-9)14(21-12)15(17)18/h3-6,9H,1-2,7-8H2,(H3,17,18). The Morgan fingerprint density at radius 3 is 2.71 bits per heavy atom. The molecule has 1 aliphatic carbocycles. The summed E-state index contributed by atoms with van der Waals surface area (Å²) in [4.78, 5) is 5.40. The van der Waals surface area contributed by atoms with Crippen LogP contribution in [0, 0.1) is 11.2 Å². The van der Waals surface area contributed by atoms with Crippen molar-refractivity contribution in [1.82, 2.24) is 4.98 Å². The van der Waals surface area contributed by atoms with Gasteiger partial charge in [-0.25, -0.2) is 9.37 Å². The number of nitrogens with two attached hydrogens (primary N) is 1. The number of hydrogen-bond acceptors (Lipinski definition) is 4. The summed E-state index contributed by atoms with van der Waals surface area (Å²) in [5.41, 5.74) is 6.59. The zero-order valence-electron chi connectivity index (χ0n) is 11.4. The van der Waals surface area contributed by atoms with Crippen LogP contribution in [0.2, 0.25) is 0 Å². The summed E-state index contributed by atoms with van der Waals surface area (Å²) < 4.78 is 18.3. The first-order chi connectivity index (χ1) is 10.1. The van der Waals surface area contributed by atoms with Crippen molar-refractivity contribution in [3.05, 3.63) is 45.7 Å². The first-order valence-electron chi connectivity index (χ1n) is 6.86. The van der Waals surface area contributed by atoms with E-state index < -0.39 is 0 Å². The Morgan fingerprint density at radius 1 is 1.38 bits per heavy atom. The largest absolute Gasteiger partial charge is 0.493 e. The van der Waals surface area contributed by atoms with Gasteiger partial charge >= 0.3 is 0 Å². The van der Waals surface area contributed by atoms with Gasteiger partial charge in [0.1, 0.15) is 17.4 Å². The summed E-state index contributed by atoms with van der Waals surface area (Å²) >= 11 is 1.47. The van der Waals surface area contributed by atoms with Gasteiger partial charge < -0.3 is 10.5 Å². The van der Waals surface area contributed by atoms with Crippen LogP contribution in [0.15, 0.2) is 24.3 Å². The predicted molar refractivity (Wildman–Crippen MR) is 80.7 cm³/mol. The van der Waals surface area contributed by atoms with Gasteiger partial charge in [0.15, 0.2) is 0 Å². The molecule has 0 bridgehead atoms. The van der Waals surface area contributed by atoms with Gasteiger partial charge in [-0.1, -0.05) is 0 Å². The number of nitrogens with one attached hydrogen (secondary N) is 1. The fourth-order valence-electron chi connectivity index (χ4n) is 2.10. The van der Waals surface area contributed by atoms with E-state index in [1.807, 2.05) is 0 Å². The van der Waals surface area contributed by atoms with Crippen LogP contribution < -0.4 is 10.5 Å². The highest BCUT2D eigenvalue weighted by Crippen LogP contribution is 2.42. The van der Waals surface area contributed by atoms with Gasteiger partial charge in [0.05, 0.1) is 22.2 Å². The predicted octanol–water partition coefficient (Wildman–Crippen LogP) is 3.07. The molecule has 0 saturated heterocycles. The van der Waals surface area contributed by atoms with Crippen molar-refractivity contribution in [3.8, 4) is 5.75 Å². The second-order valence-electron chi connectivity index (χ2n) is 5.06. The Kier molecular flexibility index (Phi) is 3.88. The number of thiazole rings is 1. The third-order valence-corrected chi connectivity index (χ3v) is 4.47. The lowest BCUT2D eigenvalue weighted by atomic mass is 10.2. The minimum atomic E-state index is -0.276. The van der Waals surface area contributed by atoms with Crippen molar-refractivity contribution in [2.24, 2.45) is 5.73 Å². The molecule has 6 heteroatoms. The summed E-state index contributed by atoms with van der Waals surface area (Å²) in [6.07, 6.45) is 2.93. The highest BCUT2D eigenvalue weighted by Gasteiger charge is 2.30. The van der Waals surface area contributed by atoms with Crippen molar-refractivity contribution in [2.75, 3.05) is 6.61 Å². The van der Waals surface area contributed by atoms with Crippen LogP contribution in [-0.2, 0) is 6.42 Å². The normalized spacial score (nSPS) is 14.1. The van der Waals surface area contributed by atoms with E-state index >= 15 is 0 Å². The molecule has 0 aliphatic heterocycles. The molecule has 3 N–H and O–H groups in total. The second kappa shape index (κ2) is 5.81. The van der Waals surface area contributed by atoms with Gasteiger partial charge in [0.25, 0.3) is 0 Å². The smallest absolute Gasteiger partial charge is 0.135 e. The molecule has 0 atom stereocenters. The monoisotopic (exact) mass is 305 g/mol. The van der Waals surface area contributed by atoms with E-state index in [2.05, 4.69) is 4.98 Å². The molecule has 0 spiro atoms. The number of rotatable bonds is 6. The summed E-state index contributed by atoms with van der Waals surface area (Å²) in [5.74, 6) is 0.941. The van der Waals surface area contributed by atoms with E-state index in [0.29, 0.717) is 24.7 Å². The Labute approximate surface area is 126 Å². The maximum absolute atomic E-state index is 12.8. The van der Waals surface area contributed by atoms with Crippen LogP contribution in [0.25, 0.3) is 0 Å². The van der Waals surface area contributed by atoms with Crippen molar-refractivity contribution in [1.29, 1.82) is 5.41 Å². The molecule has 1 fully saturated rings. The number of ether oxygens (including phenoxy) is 1. The number of nitrogen functional groups attached to an aromatic ring is 1. The van der Waals surface area contributed by atoms with Gasteiger partial charge in [-0.3, -0.25) is 5.41 Å². The van der Waals surface area contributed by atoms with E-state index in [9.17, 15) is 4.39 Å². The Morgan fingerprint density at radius 2 is 2.10 bits per heavy atom. The van der Waals surface area contributed by atoms with Crippen molar-refractivity contribution >= 4 is 17.2 Å². The van der Waals surface area contributed by atoms with Crippen LogP contribution in [0.1, 0.15) is 34.3 Å². The summed E-state index contributed by atoms with van der Waals surface area (Å²) in [7, 11) is 0. The van der Waals surface area contributed by atoms with Gasteiger partial charge in [-0.15, -0.1) is 11.3 Å². The van der Waals surface area contributed by atoms with E-state index in [-0.39, 0.29) is 11.7 Å². The molecule has 2 aromatic rings. The van der Waals surface area contributed by atoms with Gasteiger partial charge in [0.2, 0.25) is 0 Å². The van der Waals surface area contributed by atoms with E-state index in [1.54, 1.807) is 12.1 Å². The van der Waals surface area contributed by atoms with Crippen molar-refractivity contribution < 1.29 is 9.13 Å². The lowest BCUT2D eigenvalue weighted by molar-refractivity contribution is 0.321. The maximum atomic E-state index is 12.8. The summed E-state index contributed by atoms with van der Waals surface area (Å²) in [6, 6.07) is 5.96. The number of hydrogen-bond donors (Lipinski definition) is 2. The van der Waals surface area contributed by atoms with Crippen LogP contribution in [-0.4, -0.2) is 17.4 Å². The van der Waals surface area contributed by atoms with Crippen LogP contribution in [0.4, 0.5) is 4.39 Å². The molecule has 21 heavy (non-hydrogen) atoms. The molecule has 0 amide bonds. The molecule has 1 aromatic carbocycles. The molecule has 1 heterocycles. The third-order valence-electron chi connectivity index (χ3n) is 3.30. The zero-order valence-corrected chi connectivity index (χ0v) is 12.3. The van der Waals surface area contributed by atoms with Crippen LogP contribution >= 0.6 is 11.3 Å². The van der Waals surface area contributed by atoms with Gasteiger partial charge in [-0.2, -0.15) is 0 Å². The first kappa shape index (κ1) is 14.0. The highest BCUT2D eigenvalue weighted by molar-refractivity contribution is 7.13. The molecule has 1 saturated carbocycles. The molecule has 0 unspecified atom stereocenters. The highest BCUT2D eigenvalue weighted by atomic mass is 32.1. The van der Waals surface area contributed by atoms with Crippen molar-refractivity contribution in [2.45, 2.75) is 25.2 Å². The Bertz CT molecular complexity index is 649. The number of benzene rings is 1. The Hall–Kier alpha value is -1.95.